The first kappa shape index (κ1) is 14.9. The second-order valence-electron chi connectivity index (χ2n) is 5.08. The molecule has 2 atom stereocenters. The number of hydrogen-bond donors (Lipinski definition) is 2. The highest BCUT2D eigenvalue weighted by molar-refractivity contribution is 5.76. The van der Waals surface area contributed by atoms with Crippen molar-refractivity contribution in [1.82, 2.24) is 15.1 Å². The highest BCUT2D eigenvalue weighted by Gasteiger charge is 2.30. The summed E-state index contributed by atoms with van der Waals surface area (Å²) in [6, 6.07) is -0.106. The van der Waals surface area contributed by atoms with Crippen molar-refractivity contribution < 1.29 is 19.6 Å². The molecule has 0 saturated heterocycles. The molecule has 0 unspecified atom stereocenters. The smallest absolute Gasteiger partial charge is 0.306 e. The molecule has 1 amide bonds. The van der Waals surface area contributed by atoms with E-state index in [1.807, 2.05) is 0 Å². The highest BCUT2D eigenvalue weighted by atomic mass is 16.6. The van der Waals surface area contributed by atoms with Crippen molar-refractivity contribution in [2.45, 2.75) is 38.3 Å². The number of nitro groups is 1. The largest absolute Gasteiger partial charge is 0.481 e. The lowest BCUT2D eigenvalue weighted by atomic mass is 10.1. The van der Waals surface area contributed by atoms with Crippen LogP contribution in [0.4, 0.5) is 5.69 Å². The SMILES string of the molecule is O=C(CCn1cc([N+](=O)[O-])cn1)N[C@H]1CC[C@@H](C(=O)O)C1. The van der Waals surface area contributed by atoms with Crippen molar-refractivity contribution in [1.29, 1.82) is 0 Å². The van der Waals surface area contributed by atoms with Gasteiger partial charge in [-0.3, -0.25) is 24.4 Å². The van der Waals surface area contributed by atoms with E-state index in [0.717, 1.165) is 6.20 Å². The first-order chi connectivity index (χ1) is 9.95. The normalized spacial score (nSPS) is 21.1. The van der Waals surface area contributed by atoms with Gasteiger partial charge in [-0.05, 0) is 19.3 Å². The van der Waals surface area contributed by atoms with E-state index in [0.29, 0.717) is 19.3 Å². The molecule has 0 aliphatic heterocycles. The fourth-order valence-corrected chi connectivity index (χ4v) is 2.42. The molecule has 0 spiro atoms. The van der Waals surface area contributed by atoms with E-state index in [1.165, 1.54) is 10.9 Å². The van der Waals surface area contributed by atoms with E-state index >= 15 is 0 Å². The third kappa shape index (κ3) is 4.01. The Balaban J connectivity index is 1.75. The van der Waals surface area contributed by atoms with Crippen LogP contribution in [0.15, 0.2) is 12.4 Å². The summed E-state index contributed by atoms with van der Waals surface area (Å²) in [7, 11) is 0. The average molecular weight is 296 g/mol. The topological polar surface area (TPSA) is 127 Å². The Labute approximate surface area is 120 Å². The van der Waals surface area contributed by atoms with Crippen LogP contribution in [0.25, 0.3) is 0 Å². The summed E-state index contributed by atoms with van der Waals surface area (Å²) in [4.78, 5) is 32.5. The number of aliphatic carboxylic acids is 1. The summed E-state index contributed by atoms with van der Waals surface area (Å²) in [5.74, 6) is -1.41. The maximum absolute atomic E-state index is 11.8. The third-order valence-electron chi connectivity index (χ3n) is 3.55. The van der Waals surface area contributed by atoms with E-state index in [4.69, 9.17) is 5.11 Å². The predicted molar refractivity (Wildman–Crippen MR) is 70.4 cm³/mol. The minimum atomic E-state index is -0.824. The average Bonchev–Trinajstić information content (AvgIpc) is 3.05. The van der Waals surface area contributed by atoms with E-state index < -0.39 is 10.9 Å². The number of carbonyl (C=O) groups is 2. The van der Waals surface area contributed by atoms with Gasteiger partial charge in [0.25, 0.3) is 0 Å². The van der Waals surface area contributed by atoms with Crippen LogP contribution in [0.5, 0.6) is 0 Å². The second kappa shape index (κ2) is 6.33. The summed E-state index contributed by atoms with van der Waals surface area (Å²) in [6.45, 7) is 0.245. The first-order valence-electron chi connectivity index (χ1n) is 6.64. The lowest BCUT2D eigenvalue weighted by Gasteiger charge is -2.12. The molecule has 2 N–H and O–H groups in total. The van der Waals surface area contributed by atoms with Gasteiger partial charge in [0.2, 0.25) is 5.91 Å². The van der Waals surface area contributed by atoms with Crippen molar-refractivity contribution in [2.24, 2.45) is 5.92 Å². The number of amides is 1. The molecule has 1 saturated carbocycles. The van der Waals surface area contributed by atoms with Crippen LogP contribution in [0, 0.1) is 16.0 Å². The number of rotatable bonds is 6. The van der Waals surface area contributed by atoms with E-state index in [1.54, 1.807) is 0 Å². The van der Waals surface area contributed by atoms with Crippen LogP contribution in [-0.4, -0.2) is 37.7 Å². The van der Waals surface area contributed by atoms with Crippen LogP contribution in [-0.2, 0) is 16.1 Å². The van der Waals surface area contributed by atoms with Gasteiger partial charge in [-0.25, -0.2) is 0 Å². The van der Waals surface area contributed by atoms with Gasteiger partial charge in [0, 0.05) is 19.0 Å². The molecule has 21 heavy (non-hydrogen) atoms. The molecule has 1 fully saturated rings. The van der Waals surface area contributed by atoms with Gasteiger partial charge in [-0.15, -0.1) is 0 Å². The van der Waals surface area contributed by atoms with E-state index in [2.05, 4.69) is 10.4 Å². The van der Waals surface area contributed by atoms with Gasteiger partial charge in [-0.1, -0.05) is 0 Å². The Hall–Kier alpha value is -2.45. The van der Waals surface area contributed by atoms with Crippen molar-refractivity contribution in [3.63, 3.8) is 0 Å². The van der Waals surface area contributed by atoms with Crippen molar-refractivity contribution in [3.05, 3.63) is 22.5 Å². The van der Waals surface area contributed by atoms with Crippen molar-refractivity contribution >= 4 is 17.6 Å². The highest BCUT2D eigenvalue weighted by Crippen LogP contribution is 2.25. The number of hydrogen-bond acceptors (Lipinski definition) is 5. The number of carbonyl (C=O) groups excluding carboxylic acids is 1. The molecular weight excluding hydrogens is 280 g/mol. The minimum Gasteiger partial charge on any atom is -0.481 e. The molecule has 9 nitrogen and oxygen atoms in total. The maximum atomic E-state index is 11.8. The zero-order valence-corrected chi connectivity index (χ0v) is 11.3. The Morgan fingerprint density at radius 1 is 1.52 bits per heavy atom. The predicted octanol–water partition coefficient (Wildman–Crippen LogP) is 0.551. The van der Waals surface area contributed by atoms with Gasteiger partial charge in [0.15, 0.2) is 0 Å². The monoisotopic (exact) mass is 296 g/mol. The van der Waals surface area contributed by atoms with Gasteiger partial charge < -0.3 is 10.4 Å². The summed E-state index contributed by atoms with van der Waals surface area (Å²) >= 11 is 0. The molecular formula is C12H16N4O5. The Kier molecular flexibility index (Phi) is 4.51. The Bertz CT molecular complexity index is 556. The molecule has 0 aromatic carbocycles. The lowest BCUT2D eigenvalue weighted by Crippen LogP contribution is -2.33. The van der Waals surface area contributed by atoms with Crippen LogP contribution < -0.4 is 5.32 Å². The van der Waals surface area contributed by atoms with Gasteiger partial charge in [0.05, 0.1) is 10.8 Å². The number of nitrogens with zero attached hydrogens (tertiary/aromatic N) is 3. The molecule has 0 radical (unpaired) electrons. The number of aryl methyl sites for hydroxylation is 1. The number of carboxylic acids is 1. The molecule has 1 aliphatic carbocycles. The molecule has 2 rings (SSSR count). The Morgan fingerprint density at radius 2 is 2.29 bits per heavy atom. The second-order valence-corrected chi connectivity index (χ2v) is 5.08. The lowest BCUT2D eigenvalue weighted by molar-refractivity contribution is -0.385. The van der Waals surface area contributed by atoms with E-state index in [-0.39, 0.29) is 36.5 Å². The molecule has 1 aromatic rings. The molecule has 1 aliphatic rings. The zero-order valence-electron chi connectivity index (χ0n) is 11.3. The summed E-state index contributed by atoms with van der Waals surface area (Å²) in [6.07, 6.45) is 4.23. The van der Waals surface area contributed by atoms with Crippen LogP contribution in [0.2, 0.25) is 0 Å². The fourth-order valence-electron chi connectivity index (χ4n) is 2.42. The maximum Gasteiger partial charge on any atom is 0.306 e. The van der Waals surface area contributed by atoms with Crippen LogP contribution in [0.3, 0.4) is 0 Å². The molecule has 1 aromatic heterocycles. The Morgan fingerprint density at radius 3 is 2.86 bits per heavy atom. The molecule has 1 heterocycles. The zero-order chi connectivity index (χ0) is 15.4. The first-order valence-corrected chi connectivity index (χ1v) is 6.64. The van der Waals surface area contributed by atoms with Gasteiger partial charge >= 0.3 is 11.7 Å². The van der Waals surface area contributed by atoms with E-state index in [9.17, 15) is 19.7 Å². The van der Waals surface area contributed by atoms with Crippen LogP contribution >= 0.6 is 0 Å². The van der Waals surface area contributed by atoms with Gasteiger partial charge in [0.1, 0.15) is 12.4 Å². The molecule has 114 valence electrons. The molecule has 9 heteroatoms. The minimum absolute atomic E-state index is 0.106. The number of carboxylic acid groups (broad SMARTS) is 1. The fraction of sp³-hybridized carbons (Fsp3) is 0.583. The standard InChI is InChI=1S/C12H16N4O5/c17-11(14-9-2-1-8(5-9)12(18)19)3-4-15-7-10(6-13-15)16(20)21/h6-9H,1-5H2,(H,14,17)(H,18,19)/t8-,9+/m1/s1. The van der Waals surface area contributed by atoms with Crippen molar-refractivity contribution in [2.75, 3.05) is 0 Å². The van der Waals surface area contributed by atoms with Crippen molar-refractivity contribution in [3.8, 4) is 0 Å². The number of aromatic nitrogens is 2. The molecule has 0 bridgehead atoms. The summed E-state index contributed by atoms with van der Waals surface area (Å²) in [5, 5.41) is 26.0. The summed E-state index contributed by atoms with van der Waals surface area (Å²) in [5.41, 5.74) is -0.115. The third-order valence-corrected chi connectivity index (χ3v) is 3.55. The summed E-state index contributed by atoms with van der Waals surface area (Å²) < 4.78 is 1.34. The van der Waals surface area contributed by atoms with Gasteiger partial charge in [-0.2, -0.15) is 5.10 Å². The quantitative estimate of drug-likeness (QED) is 0.583. The van der Waals surface area contributed by atoms with Crippen LogP contribution in [0.1, 0.15) is 25.7 Å². The number of nitrogens with one attached hydrogen (secondary N) is 1.